The Morgan fingerprint density at radius 3 is 2.42 bits per heavy atom. The predicted molar refractivity (Wildman–Crippen MR) is 97.6 cm³/mol. The molecule has 0 spiro atoms. The second-order valence-electron chi connectivity index (χ2n) is 6.35. The summed E-state index contributed by atoms with van der Waals surface area (Å²) in [5.74, 6) is 1.39. The summed E-state index contributed by atoms with van der Waals surface area (Å²) in [7, 11) is 1.36. The van der Waals surface area contributed by atoms with Gasteiger partial charge < -0.3 is 14.8 Å². The second kappa shape index (κ2) is 10.2. The van der Waals surface area contributed by atoms with Gasteiger partial charge in [0.25, 0.3) is 0 Å². The Kier molecular flexibility index (Phi) is 8.68. The van der Waals surface area contributed by atoms with Crippen LogP contribution in [0.3, 0.4) is 0 Å². The van der Waals surface area contributed by atoms with Crippen LogP contribution >= 0.6 is 11.8 Å². The van der Waals surface area contributed by atoms with Gasteiger partial charge in [-0.3, -0.25) is 9.59 Å². The molecule has 0 saturated carbocycles. The van der Waals surface area contributed by atoms with Crippen molar-refractivity contribution in [3.8, 4) is 5.75 Å². The fourth-order valence-electron chi connectivity index (χ4n) is 1.88. The third-order valence-electron chi connectivity index (χ3n) is 3.32. The van der Waals surface area contributed by atoms with Gasteiger partial charge >= 0.3 is 5.97 Å². The van der Waals surface area contributed by atoms with Crippen LogP contribution in [-0.4, -0.2) is 43.6 Å². The van der Waals surface area contributed by atoms with E-state index in [9.17, 15) is 9.59 Å². The zero-order valence-corrected chi connectivity index (χ0v) is 15.7. The first-order valence-electron chi connectivity index (χ1n) is 7.97. The molecule has 6 heteroatoms. The highest BCUT2D eigenvalue weighted by Crippen LogP contribution is 2.24. The summed E-state index contributed by atoms with van der Waals surface area (Å²) in [4.78, 5) is 22.5. The van der Waals surface area contributed by atoms with Gasteiger partial charge in [0.05, 0.1) is 25.8 Å². The van der Waals surface area contributed by atoms with Crippen molar-refractivity contribution in [3.05, 3.63) is 29.8 Å². The average Bonchev–Trinajstić information content (AvgIpc) is 2.55. The third-order valence-corrected chi connectivity index (χ3v) is 4.28. The van der Waals surface area contributed by atoms with Crippen molar-refractivity contribution in [2.24, 2.45) is 0 Å². The van der Waals surface area contributed by atoms with E-state index in [0.29, 0.717) is 31.1 Å². The van der Waals surface area contributed by atoms with E-state index in [-0.39, 0.29) is 17.3 Å². The first-order valence-corrected chi connectivity index (χ1v) is 9.13. The smallest absolute Gasteiger partial charge is 0.306 e. The van der Waals surface area contributed by atoms with Gasteiger partial charge in [0, 0.05) is 5.75 Å². The number of benzene rings is 1. The number of nitrogens with one attached hydrogen (secondary N) is 1. The van der Waals surface area contributed by atoms with E-state index >= 15 is 0 Å². The van der Waals surface area contributed by atoms with E-state index in [1.165, 1.54) is 24.4 Å². The predicted octanol–water partition coefficient (Wildman–Crippen LogP) is 2.78. The summed E-state index contributed by atoms with van der Waals surface area (Å²) < 4.78 is 10.1. The highest BCUT2D eigenvalue weighted by Gasteiger charge is 2.12. The number of esters is 1. The molecule has 0 aromatic heterocycles. The molecule has 0 bridgehead atoms. The SMILES string of the molecule is COC(=O)CCSCC(=O)NCCOc1ccc(C(C)(C)C)cc1. The number of amides is 1. The summed E-state index contributed by atoms with van der Waals surface area (Å²) in [6.45, 7) is 7.38. The Labute approximate surface area is 148 Å². The Balaban J connectivity index is 2.15. The van der Waals surface area contributed by atoms with Crippen molar-refractivity contribution in [3.63, 3.8) is 0 Å². The summed E-state index contributed by atoms with van der Waals surface area (Å²) in [5.41, 5.74) is 1.38. The fourth-order valence-corrected chi connectivity index (χ4v) is 2.63. The largest absolute Gasteiger partial charge is 0.492 e. The molecule has 1 N–H and O–H groups in total. The molecule has 0 saturated heterocycles. The maximum absolute atomic E-state index is 11.6. The van der Waals surface area contributed by atoms with E-state index in [1.807, 2.05) is 12.1 Å². The lowest BCUT2D eigenvalue weighted by molar-refractivity contribution is -0.140. The molecule has 0 aliphatic rings. The van der Waals surface area contributed by atoms with Gasteiger partial charge in [0.2, 0.25) is 5.91 Å². The molecule has 1 aromatic carbocycles. The number of rotatable bonds is 9. The number of carbonyl (C=O) groups excluding carboxylic acids is 2. The minimum Gasteiger partial charge on any atom is -0.492 e. The van der Waals surface area contributed by atoms with Crippen LogP contribution in [-0.2, 0) is 19.7 Å². The number of hydrogen-bond donors (Lipinski definition) is 1. The van der Waals surface area contributed by atoms with E-state index in [0.717, 1.165) is 5.75 Å². The number of ether oxygens (including phenoxy) is 2. The van der Waals surface area contributed by atoms with Crippen LogP contribution in [0, 0.1) is 0 Å². The van der Waals surface area contributed by atoms with E-state index < -0.39 is 0 Å². The first kappa shape index (κ1) is 20.4. The van der Waals surface area contributed by atoms with Crippen LogP contribution in [0.5, 0.6) is 5.75 Å². The van der Waals surface area contributed by atoms with E-state index in [4.69, 9.17) is 4.74 Å². The van der Waals surface area contributed by atoms with Crippen molar-refractivity contribution in [1.82, 2.24) is 5.32 Å². The van der Waals surface area contributed by atoms with Crippen LogP contribution < -0.4 is 10.1 Å². The summed E-state index contributed by atoms with van der Waals surface area (Å²) >= 11 is 1.41. The van der Waals surface area contributed by atoms with Gasteiger partial charge in [-0.2, -0.15) is 11.8 Å². The zero-order valence-electron chi connectivity index (χ0n) is 14.9. The molecule has 0 atom stereocenters. The Bertz CT molecular complexity index is 523. The summed E-state index contributed by atoms with van der Waals surface area (Å²) in [6.07, 6.45) is 0.322. The molecule has 1 aromatic rings. The van der Waals surface area contributed by atoms with Crippen LogP contribution in [0.1, 0.15) is 32.8 Å². The van der Waals surface area contributed by atoms with Crippen LogP contribution in [0.25, 0.3) is 0 Å². The Morgan fingerprint density at radius 1 is 1.17 bits per heavy atom. The molecule has 5 nitrogen and oxygen atoms in total. The van der Waals surface area contributed by atoms with Gasteiger partial charge in [-0.05, 0) is 23.1 Å². The van der Waals surface area contributed by atoms with Gasteiger partial charge in [-0.1, -0.05) is 32.9 Å². The number of hydrogen-bond acceptors (Lipinski definition) is 5. The Morgan fingerprint density at radius 2 is 1.83 bits per heavy atom. The molecule has 1 rings (SSSR count). The maximum atomic E-state index is 11.6. The summed E-state index contributed by atoms with van der Waals surface area (Å²) in [6, 6.07) is 8.02. The number of methoxy groups -OCH3 is 1. The monoisotopic (exact) mass is 353 g/mol. The molecule has 134 valence electrons. The Hall–Kier alpha value is -1.69. The summed E-state index contributed by atoms with van der Waals surface area (Å²) in [5, 5.41) is 2.79. The normalized spacial score (nSPS) is 11.0. The van der Waals surface area contributed by atoms with Crippen LogP contribution in [0.15, 0.2) is 24.3 Å². The molecular formula is C18H27NO4S. The topological polar surface area (TPSA) is 64.6 Å². The molecular weight excluding hydrogens is 326 g/mol. The maximum Gasteiger partial charge on any atom is 0.306 e. The molecule has 1 amide bonds. The quantitative estimate of drug-likeness (QED) is 0.546. The molecule has 0 aliphatic carbocycles. The van der Waals surface area contributed by atoms with Crippen molar-refractivity contribution < 1.29 is 19.1 Å². The molecule has 0 aliphatic heterocycles. The molecule has 0 radical (unpaired) electrons. The third kappa shape index (κ3) is 8.24. The molecule has 0 unspecified atom stereocenters. The van der Waals surface area contributed by atoms with Gasteiger partial charge in [0.15, 0.2) is 0 Å². The lowest BCUT2D eigenvalue weighted by Gasteiger charge is -2.19. The van der Waals surface area contributed by atoms with Crippen LogP contribution in [0.2, 0.25) is 0 Å². The minimum absolute atomic E-state index is 0.0588. The molecule has 0 heterocycles. The van der Waals surface area contributed by atoms with Gasteiger partial charge in [-0.15, -0.1) is 0 Å². The minimum atomic E-state index is -0.256. The average molecular weight is 353 g/mol. The van der Waals surface area contributed by atoms with Crippen molar-refractivity contribution in [1.29, 1.82) is 0 Å². The van der Waals surface area contributed by atoms with Crippen molar-refractivity contribution in [2.75, 3.05) is 31.8 Å². The lowest BCUT2D eigenvalue weighted by Crippen LogP contribution is -2.29. The van der Waals surface area contributed by atoms with Gasteiger partial charge in [-0.25, -0.2) is 0 Å². The van der Waals surface area contributed by atoms with Crippen molar-refractivity contribution in [2.45, 2.75) is 32.6 Å². The number of thioether (sulfide) groups is 1. The number of carbonyl (C=O) groups is 2. The van der Waals surface area contributed by atoms with Crippen molar-refractivity contribution >= 4 is 23.6 Å². The highest BCUT2D eigenvalue weighted by molar-refractivity contribution is 7.99. The van der Waals surface area contributed by atoms with E-state index in [1.54, 1.807) is 0 Å². The standard InChI is InChI=1S/C18H27NO4S/c1-18(2,3)14-5-7-15(8-6-14)23-11-10-19-16(20)13-24-12-9-17(21)22-4/h5-8H,9-13H2,1-4H3,(H,19,20). The molecule has 24 heavy (non-hydrogen) atoms. The van der Waals surface area contributed by atoms with E-state index in [2.05, 4.69) is 43.0 Å². The fraction of sp³-hybridized carbons (Fsp3) is 0.556. The van der Waals surface area contributed by atoms with Crippen LogP contribution in [0.4, 0.5) is 0 Å². The zero-order chi connectivity index (χ0) is 18.0. The van der Waals surface area contributed by atoms with Gasteiger partial charge in [0.1, 0.15) is 12.4 Å². The highest BCUT2D eigenvalue weighted by atomic mass is 32.2. The lowest BCUT2D eigenvalue weighted by atomic mass is 9.87. The first-order chi connectivity index (χ1) is 11.3. The second-order valence-corrected chi connectivity index (χ2v) is 7.46. The molecule has 0 fully saturated rings.